The lowest BCUT2D eigenvalue weighted by atomic mass is 9.92. The van der Waals surface area contributed by atoms with Gasteiger partial charge in [-0.3, -0.25) is 0 Å². The molecule has 0 spiro atoms. The predicted molar refractivity (Wildman–Crippen MR) is 84.5 cm³/mol. The Morgan fingerprint density at radius 2 is 2.00 bits per heavy atom. The van der Waals surface area contributed by atoms with Crippen LogP contribution in [0.2, 0.25) is 0 Å². The highest BCUT2D eigenvalue weighted by Gasteiger charge is 2.19. The molecule has 19 heavy (non-hydrogen) atoms. The van der Waals surface area contributed by atoms with Crippen LogP contribution in [0.5, 0.6) is 0 Å². The Balaban J connectivity index is 2.43. The Kier molecular flexibility index (Phi) is 6.53. The lowest BCUT2D eigenvalue weighted by Gasteiger charge is -2.30. The maximum absolute atomic E-state index is 3.53. The number of rotatable bonds is 8. The van der Waals surface area contributed by atoms with Crippen LogP contribution in [0.1, 0.15) is 38.3 Å². The van der Waals surface area contributed by atoms with Crippen molar-refractivity contribution in [2.24, 2.45) is 5.41 Å². The largest absolute Gasteiger partial charge is 0.316 e. The van der Waals surface area contributed by atoms with Crippen LogP contribution >= 0.6 is 0 Å². The number of hydrogen-bond acceptors (Lipinski definition) is 2. The molecular formula is C17H30N2. The highest BCUT2D eigenvalue weighted by atomic mass is 15.1. The van der Waals surface area contributed by atoms with Crippen LogP contribution in [0.25, 0.3) is 0 Å². The van der Waals surface area contributed by atoms with Crippen molar-refractivity contribution in [2.75, 3.05) is 26.7 Å². The highest BCUT2D eigenvalue weighted by molar-refractivity contribution is 5.22. The molecule has 2 nitrogen and oxygen atoms in total. The van der Waals surface area contributed by atoms with Crippen molar-refractivity contribution in [3.05, 3.63) is 35.4 Å². The van der Waals surface area contributed by atoms with Crippen molar-refractivity contribution < 1.29 is 0 Å². The maximum Gasteiger partial charge on any atom is 0.0231 e. The standard InChI is InChI=1S/C17H30N2/c1-6-10-18-13-17(3,4)14-19(5)12-16-9-7-8-15(2)11-16/h7-9,11,18H,6,10,12-14H2,1-5H3. The minimum Gasteiger partial charge on any atom is -0.316 e. The average Bonchev–Trinajstić information content (AvgIpc) is 2.27. The van der Waals surface area contributed by atoms with Gasteiger partial charge in [-0.05, 0) is 37.9 Å². The molecule has 0 saturated heterocycles. The van der Waals surface area contributed by atoms with E-state index in [9.17, 15) is 0 Å². The van der Waals surface area contributed by atoms with Gasteiger partial charge in [0, 0.05) is 19.6 Å². The van der Waals surface area contributed by atoms with Gasteiger partial charge in [-0.15, -0.1) is 0 Å². The molecule has 0 amide bonds. The van der Waals surface area contributed by atoms with Crippen LogP contribution < -0.4 is 5.32 Å². The Morgan fingerprint density at radius 1 is 1.26 bits per heavy atom. The Morgan fingerprint density at radius 3 is 2.63 bits per heavy atom. The summed E-state index contributed by atoms with van der Waals surface area (Å²) in [6.45, 7) is 13.4. The second-order valence-corrected chi connectivity index (χ2v) is 6.50. The smallest absolute Gasteiger partial charge is 0.0231 e. The van der Waals surface area contributed by atoms with Crippen LogP contribution in [-0.4, -0.2) is 31.6 Å². The number of nitrogens with one attached hydrogen (secondary N) is 1. The Bertz CT molecular complexity index is 371. The number of benzene rings is 1. The lowest BCUT2D eigenvalue weighted by Crippen LogP contribution is -2.39. The van der Waals surface area contributed by atoms with Gasteiger partial charge in [0.05, 0.1) is 0 Å². The average molecular weight is 262 g/mol. The molecular weight excluding hydrogens is 232 g/mol. The molecule has 1 N–H and O–H groups in total. The zero-order chi connectivity index (χ0) is 14.3. The highest BCUT2D eigenvalue weighted by Crippen LogP contribution is 2.17. The first-order valence-corrected chi connectivity index (χ1v) is 7.38. The zero-order valence-corrected chi connectivity index (χ0v) is 13.3. The Hall–Kier alpha value is -0.860. The summed E-state index contributed by atoms with van der Waals surface area (Å²) in [6, 6.07) is 8.79. The second-order valence-electron chi connectivity index (χ2n) is 6.50. The fourth-order valence-electron chi connectivity index (χ4n) is 2.57. The van der Waals surface area contributed by atoms with Crippen molar-refractivity contribution in [3.8, 4) is 0 Å². The molecule has 2 heteroatoms. The van der Waals surface area contributed by atoms with Gasteiger partial charge in [0.25, 0.3) is 0 Å². The molecule has 0 aliphatic carbocycles. The molecule has 0 bridgehead atoms. The van der Waals surface area contributed by atoms with Crippen LogP contribution in [0, 0.1) is 12.3 Å². The van der Waals surface area contributed by atoms with Gasteiger partial charge in [-0.25, -0.2) is 0 Å². The molecule has 108 valence electrons. The van der Waals surface area contributed by atoms with E-state index in [0.717, 1.165) is 26.2 Å². The number of aryl methyl sites for hydroxylation is 1. The molecule has 0 heterocycles. The molecule has 0 radical (unpaired) electrons. The topological polar surface area (TPSA) is 15.3 Å². The third kappa shape index (κ3) is 6.74. The van der Waals surface area contributed by atoms with Gasteiger partial charge in [0.1, 0.15) is 0 Å². The molecule has 0 saturated carbocycles. The van der Waals surface area contributed by atoms with Crippen molar-refractivity contribution >= 4 is 0 Å². The van der Waals surface area contributed by atoms with E-state index in [1.165, 1.54) is 17.5 Å². The summed E-state index contributed by atoms with van der Waals surface area (Å²) in [6.07, 6.45) is 1.20. The Labute approximate surface area is 119 Å². The van der Waals surface area contributed by atoms with Crippen molar-refractivity contribution in [1.29, 1.82) is 0 Å². The fourth-order valence-corrected chi connectivity index (χ4v) is 2.57. The third-order valence-electron chi connectivity index (χ3n) is 3.26. The summed E-state index contributed by atoms with van der Waals surface area (Å²) in [4.78, 5) is 2.42. The minimum absolute atomic E-state index is 0.313. The normalized spacial score (nSPS) is 12.1. The SMILES string of the molecule is CCCNCC(C)(C)CN(C)Cc1cccc(C)c1. The maximum atomic E-state index is 3.53. The first-order valence-electron chi connectivity index (χ1n) is 7.38. The van der Waals surface area contributed by atoms with E-state index in [4.69, 9.17) is 0 Å². The quantitative estimate of drug-likeness (QED) is 0.722. The molecule has 0 atom stereocenters. The summed E-state index contributed by atoms with van der Waals surface area (Å²) < 4.78 is 0. The molecule has 0 unspecified atom stereocenters. The lowest BCUT2D eigenvalue weighted by molar-refractivity contribution is 0.199. The van der Waals surface area contributed by atoms with Crippen molar-refractivity contribution in [2.45, 2.75) is 40.7 Å². The monoisotopic (exact) mass is 262 g/mol. The van der Waals surface area contributed by atoms with Gasteiger partial charge in [-0.1, -0.05) is 50.6 Å². The summed E-state index contributed by atoms with van der Waals surface area (Å²) in [7, 11) is 2.21. The number of hydrogen-bond donors (Lipinski definition) is 1. The molecule has 0 aliphatic rings. The molecule has 0 fully saturated rings. The first kappa shape index (κ1) is 16.2. The first-order chi connectivity index (χ1) is 8.93. The van der Waals surface area contributed by atoms with Gasteiger partial charge in [-0.2, -0.15) is 0 Å². The van der Waals surface area contributed by atoms with Crippen LogP contribution in [0.4, 0.5) is 0 Å². The van der Waals surface area contributed by atoms with E-state index in [1.54, 1.807) is 0 Å². The van der Waals surface area contributed by atoms with E-state index in [0.29, 0.717) is 5.41 Å². The van der Waals surface area contributed by atoms with Crippen molar-refractivity contribution in [1.82, 2.24) is 10.2 Å². The second kappa shape index (κ2) is 7.66. The predicted octanol–water partition coefficient (Wildman–Crippen LogP) is 3.45. The summed E-state index contributed by atoms with van der Waals surface area (Å²) >= 11 is 0. The van der Waals surface area contributed by atoms with Gasteiger partial charge >= 0.3 is 0 Å². The molecule has 1 aromatic rings. The summed E-state index contributed by atoms with van der Waals surface area (Å²) in [5.74, 6) is 0. The van der Waals surface area contributed by atoms with E-state index in [1.807, 2.05) is 0 Å². The van der Waals surface area contributed by atoms with E-state index < -0.39 is 0 Å². The van der Waals surface area contributed by atoms with Crippen LogP contribution in [0.3, 0.4) is 0 Å². The van der Waals surface area contributed by atoms with Gasteiger partial charge in [0.2, 0.25) is 0 Å². The molecule has 0 aromatic heterocycles. The van der Waals surface area contributed by atoms with E-state index in [2.05, 4.69) is 69.2 Å². The van der Waals surface area contributed by atoms with E-state index in [-0.39, 0.29) is 0 Å². The van der Waals surface area contributed by atoms with Gasteiger partial charge < -0.3 is 10.2 Å². The van der Waals surface area contributed by atoms with Gasteiger partial charge in [0.15, 0.2) is 0 Å². The van der Waals surface area contributed by atoms with E-state index >= 15 is 0 Å². The summed E-state index contributed by atoms with van der Waals surface area (Å²) in [5, 5.41) is 3.53. The molecule has 1 rings (SSSR count). The molecule has 1 aromatic carbocycles. The zero-order valence-electron chi connectivity index (χ0n) is 13.3. The van der Waals surface area contributed by atoms with Crippen LogP contribution in [-0.2, 0) is 6.54 Å². The number of nitrogens with zero attached hydrogens (tertiary/aromatic N) is 1. The van der Waals surface area contributed by atoms with Crippen LogP contribution in [0.15, 0.2) is 24.3 Å². The third-order valence-corrected chi connectivity index (χ3v) is 3.26. The fraction of sp³-hybridized carbons (Fsp3) is 0.647. The summed E-state index contributed by atoms with van der Waals surface area (Å²) in [5.41, 5.74) is 3.06. The minimum atomic E-state index is 0.313. The van der Waals surface area contributed by atoms with Crippen molar-refractivity contribution in [3.63, 3.8) is 0 Å². The molecule has 0 aliphatic heterocycles.